The first-order valence-corrected chi connectivity index (χ1v) is 7.30. The van der Waals surface area contributed by atoms with E-state index in [2.05, 4.69) is 10.4 Å². The quantitative estimate of drug-likeness (QED) is 0.779. The van der Waals surface area contributed by atoms with E-state index in [-0.39, 0.29) is 5.69 Å². The zero-order chi connectivity index (χ0) is 18.0. The molecule has 7 nitrogen and oxygen atoms in total. The Morgan fingerprint density at radius 2 is 1.68 bits per heavy atom. The molecule has 3 aromatic rings. The van der Waals surface area contributed by atoms with Crippen molar-refractivity contribution in [1.82, 2.24) is 14.3 Å². The number of nitrogens with zero attached hydrogens (tertiary/aromatic N) is 3. The number of hydrogen-bond donors (Lipinski definition) is 1. The van der Waals surface area contributed by atoms with Crippen molar-refractivity contribution < 1.29 is 9.18 Å². The summed E-state index contributed by atoms with van der Waals surface area (Å²) < 4.78 is 15.4. The monoisotopic (exact) mass is 340 g/mol. The van der Waals surface area contributed by atoms with Crippen LogP contribution in [0.15, 0.2) is 64.2 Å². The Bertz CT molecular complexity index is 1060. The molecule has 3 rings (SSSR count). The molecule has 0 aliphatic heterocycles. The second-order valence-corrected chi connectivity index (χ2v) is 5.18. The van der Waals surface area contributed by atoms with Gasteiger partial charge in [-0.2, -0.15) is 9.78 Å². The Labute approximate surface area is 141 Å². The van der Waals surface area contributed by atoms with Crippen LogP contribution < -0.4 is 16.6 Å². The predicted molar refractivity (Wildman–Crippen MR) is 89.4 cm³/mol. The van der Waals surface area contributed by atoms with E-state index in [4.69, 9.17) is 0 Å². The average molecular weight is 340 g/mol. The Hall–Kier alpha value is -3.55. The maximum absolute atomic E-state index is 13.7. The highest BCUT2D eigenvalue weighted by molar-refractivity contribution is 6.02. The van der Waals surface area contributed by atoms with Gasteiger partial charge in [-0.25, -0.2) is 9.18 Å². The zero-order valence-corrected chi connectivity index (χ0v) is 13.1. The number of anilines is 1. The van der Waals surface area contributed by atoms with Gasteiger partial charge in [0.05, 0.1) is 11.4 Å². The van der Waals surface area contributed by atoms with Crippen LogP contribution in [0.3, 0.4) is 0 Å². The number of para-hydroxylation sites is 2. The topological polar surface area (TPSA) is 86.0 Å². The lowest BCUT2D eigenvalue weighted by Gasteiger charge is -2.10. The van der Waals surface area contributed by atoms with Crippen molar-refractivity contribution in [1.29, 1.82) is 0 Å². The minimum absolute atomic E-state index is 0.0891. The van der Waals surface area contributed by atoms with Gasteiger partial charge in [0.1, 0.15) is 5.82 Å². The van der Waals surface area contributed by atoms with Gasteiger partial charge in [0, 0.05) is 7.05 Å². The van der Waals surface area contributed by atoms with Crippen LogP contribution >= 0.6 is 0 Å². The molecule has 0 aliphatic rings. The fraction of sp³-hybridized carbons (Fsp3) is 0.0588. The van der Waals surface area contributed by atoms with Gasteiger partial charge in [-0.3, -0.25) is 14.2 Å². The van der Waals surface area contributed by atoms with Crippen molar-refractivity contribution in [2.45, 2.75) is 0 Å². The van der Waals surface area contributed by atoms with Gasteiger partial charge in [-0.05, 0) is 24.3 Å². The third-order valence-corrected chi connectivity index (χ3v) is 3.51. The number of nitrogens with one attached hydrogen (secondary N) is 1. The largest absolute Gasteiger partial charge is 0.351 e. The summed E-state index contributed by atoms with van der Waals surface area (Å²) >= 11 is 0. The molecule has 0 atom stereocenters. The van der Waals surface area contributed by atoms with Gasteiger partial charge >= 0.3 is 5.69 Å². The highest BCUT2D eigenvalue weighted by Crippen LogP contribution is 2.12. The summed E-state index contributed by atoms with van der Waals surface area (Å²) in [5.41, 5.74) is -1.78. The molecule has 1 aromatic heterocycles. The molecule has 0 bridgehead atoms. The number of amides is 1. The molecule has 0 saturated heterocycles. The zero-order valence-electron chi connectivity index (χ0n) is 13.1. The van der Waals surface area contributed by atoms with Crippen LogP contribution in [0.5, 0.6) is 0 Å². The standard InChI is InChI=1S/C17H13FN4O3/c1-21-16(24)14(15(23)19-13-10-6-5-9-12(13)18)20-22(17(21)25)11-7-3-2-4-8-11/h2-10H,1H3,(H,19,23). The normalized spacial score (nSPS) is 10.5. The molecule has 1 heterocycles. The number of rotatable bonds is 3. The Kier molecular flexibility index (Phi) is 4.25. The average Bonchev–Trinajstić information content (AvgIpc) is 2.62. The highest BCUT2D eigenvalue weighted by atomic mass is 19.1. The summed E-state index contributed by atoms with van der Waals surface area (Å²) in [6, 6.07) is 13.9. The van der Waals surface area contributed by atoms with Gasteiger partial charge < -0.3 is 5.32 Å². The predicted octanol–water partition coefficient (Wildman–Crippen LogP) is 1.32. The summed E-state index contributed by atoms with van der Waals surface area (Å²) in [5.74, 6) is -1.56. The van der Waals surface area contributed by atoms with Gasteiger partial charge in [-0.15, -0.1) is 0 Å². The highest BCUT2D eigenvalue weighted by Gasteiger charge is 2.19. The number of aromatic nitrogens is 3. The fourth-order valence-corrected chi connectivity index (χ4v) is 2.20. The molecule has 2 aromatic carbocycles. The van der Waals surface area contributed by atoms with Gasteiger partial charge in [-0.1, -0.05) is 30.3 Å². The van der Waals surface area contributed by atoms with Gasteiger partial charge in [0.25, 0.3) is 11.5 Å². The molecule has 0 spiro atoms. The van der Waals surface area contributed by atoms with E-state index in [1.165, 1.54) is 31.3 Å². The van der Waals surface area contributed by atoms with Crippen molar-refractivity contribution in [2.75, 3.05) is 5.32 Å². The molecule has 0 fully saturated rings. The van der Waals surface area contributed by atoms with Crippen LogP contribution in [0.25, 0.3) is 5.69 Å². The van der Waals surface area contributed by atoms with E-state index in [9.17, 15) is 18.8 Å². The summed E-state index contributed by atoms with van der Waals surface area (Å²) in [5, 5.41) is 6.15. The van der Waals surface area contributed by atoms with Gasteiger partial charge in [0.2, 0.25) is 5.69 Å². The summed E-state index contributed by atoms with van der Waals surface area (Å²) in [4.78, 5) is 36.8. The van der Waals surface area contributed by atoms with E-state index >= 15 is 0 Å². The molecule has 1 N–H and O–H groups in total. The molecule has 0 radical (unpaired) electrons. The maximum atomic E-state index is 13.7. The van der Waals surface area contributed by atoms with Crippen molar-refractivity contribution in [3.05, 3.63) is 86.9 Å². The first kappa shape index (κ1) is 16.3. The molecule has 1 amide bonds. The van der Waals surface area contributed by atoms with E-state index in [0.29, 0.717) is 5.69 Å². The summed E-state index contributed by atoms with van der Waals surface area (Å²) in [6.45, 7) is 0. The van der Waals surface area contributed by atoms with Crippen molar-refractivity contribution in [2.24, 2.45) is 7.05 Å². The SMILES string of the molecule is Cn1c(=O)c(C(=O)Nc2ccccc2F)nn(-c2ccccc2)c1=O. The van der Waals surface area contributed by atoms with Crippen molar-refractivity contribution in [3.8, 4) is 5.69 Å². The maximum Gasteiger partial charge on any atom is 0.351 e. The summed E-state index contributed by atoms with van der Waals surface area (Å²) in [7, 11) is 1.24. The van der Waals surface area contributed by atoms with Crippen LogP contribution in [0.4, 0.5) is 10.1 Å². The molecular weight excluding hydrogens is 327 g/mol. The lowest BCUT2D eigenvalue weighted by molar-refractivity contribution is 0.101. The van der Waals surface area contributed by atoms with E-state index in [0.717, 1.165) is 9.25 Å². The first-order chi connectivity index (χ1) is 12.0. The minimum Gasteiger partial charge on any atom is -0.318 e. The number of benzene rings is 2. The molecule has 8 heteroatoms. The first-order valence-electron chi connectivity index (χ1n) is 7.30. The summed E-state index contributed by atoms with van der Waals surface area (Å²) in [6.07, 6.45) is 0. The molecular formula is C17H13FN4O3. The Morgan fingerprint density at radius 1 is 1.04 bits per heavy atom. The minimum atomic E-state index is -0.907. The second kappa shape index (κ2) is 6.52. The van der Waals surface area contributed by atoms with Crippen LogP contribution in [-0.4, -0.2) is 20.3 Å². The number of halogens is 1. The van der Waals surface area contributed by atoms with Crippen LogP contribution in [0.2, 0.25) is 0 Å². The molecule has 0 unspecified atom stereocenters. The Morgan fingerprint density at radius 3 is 2.36 bits per heavy atom. The lowest BCUT2D eigenvalue weighted by atomic mass is 10.3. The Balaban J connectivity index is 2.09. The number of hydrogen-bond acceptors (Lipinski definition) is 4. The van der Waals surface area contributed by atoms with Gasteiger partial charge in [0.15, 0.2) is 0 Å². The van der Waals surface area contributed by atoms with Crippen LogP contribution in [0.1, 0.15) is 10.5 Å². The van der Waals surface area contributed by atoms with Crippen molar-refractivity contribution >= 4 is 11.6 Å². The lowest BCUT2D eigenvalue weighted by Crippen LogP contribution is -2.43. The molecule has 0 saturated carbocycles. The van der Waals surface area contributed by atoms with Crippen LogP contribution in [0, 0.1) is 5.82 Å². The number of carbonyl (C=O) groups is 1. The smallest absolute Gasteiger partial charge is 0.318 e. The third kappa shape index (κ3) is 3.09. The van der Waals surface area contributed by atoms with E-state index in [1.807, 2.05) is 0 Å². The third-order valence-electron chi connectivity index (χ3n) is 3.51. The molecule has 126 valence electrons. The van der Waals surface area contributed by atoms with E-state index in [1.54, 1.807) is 30.3 Å². The molecule has 25 heavy (non-hydrogen) atoms. The fourth-order valence-electron chi connectivity index (χ4n) is 2.20. The van der Waals surface area contributed by atoms with E-state index < -0.39 is 28.7 Å². The number of carbonyl (C=O) groups excluding carboxylic acids is 1. The van der Waals surface area contributed by atoms with Crippen molar-refractivity contribution in [3.63, 3.8) is 0 Å². The van der Waals surface area contributed by atoms with Crippen LogP contribution in [-0.2, 0) is 7.05 Å². The second-order valence-electron chi connectivity index (χ2n) is 5.18. The molecule has 0 aliphatic carbocycles.